The van der Waals surface area contributed by atoms with E-state index < -0.39 is 5.60 Å². The highest BCUT2D eigenvalue weighted by molar-refractivity contribution is 5.67. The molecule has 0 bridgehead atoms. The molecule has 1 rings (SSSR count). The number of aryl methyl sites for hydroxylation is 3. The number of ether oxygens (including phenoxy) is 1. The zero-order chi connectivity index (χ0) is 18.5. The summed E-state index contributed by atoms with van der Waals surface area (Å²) in [5, 5.41) is 6.44. The van der Waals surface area contributed by atoms with Crippen molar-refractivity contribution in [2.75, 3.05) is 6.54 Å². The lowest BCUT2D eigenvalue weighted by atomic mass is 9.99. The van der Waals surface area contributed by atoms with E-state index in [1.54, 1.807) is 0 Å². The van der Waals surface area contributed by atoms with Crippen LogP contribution in [0.3, 0.4) is 0 Å². The number of nitrogens with zero attached hydrogens (tertiary/aromatic N) is 1. The third-order valence-corrected chi connectivity index (χ3v) is 3.89. The number of pyridine rings is 1. The van der Waals surface area contributed by atoms with Crippen LogP contribution in [0, 0.1) is 20.8 Å². The minimum Gasteiger partial charge on any atom is -0.444 e. The molecule has 136 valence electrons. The molecule has 5 heteroatoms. The maximum atomic E-state index is 11.8. The molecule has 0 spiro atoms. The molecule has 1 aromatic heterocycles. The van der Waals surface area contributed by atoms with Crippen molar-refractivity contribution in [3.63, 3.8) is 0 Å². The Morgan fingerprint density at radius 2 is 1.92 bits per heavy atom. The Balaban J connectivity index is 2.67. The molecule has 0 aliphatic heterocycles. The predicted molar refractivity (Wildman–Crippen MR) is 98.3 cm³/mol. The Morgan fingerprint density at radius 3 is 2.42 bits per heavy atom. The van der Waals surface area contributed by atoms with Crippen molar-refractivity contribution in [3.8, 4) is 0 Å². The predicted octanol–water partition coefficient (Wildman–Crippen LogP) is 3.96. The van der Waals surface area contributed by atoms with Gasteiger partial charge in [0.05, 0.1) is 0 Å². The number of hydrogen-bond donors (Lipinski definition) is 2. The highest BCUT2D eigenvalue weighted by Gasteiger charge is 2.19. The summed E-state index contributed by atoms with van der Waals surface area (Å²) in [7, 11) is 0. The number of nitrogens with one attached hydrogen (secondary N) is 2. The second-order valence-corrected chi connectivity index (χ2v) is 7.46. The molecule has 2 N–H and O–H groups in total. The third-order valence-electron chi connectivity index (χ3n) is 3.89. The van der Waals surface area contributed by atoms with Gasteiger partial charge in [-0.2, -0.15) is 0 Å². The van der Waals surface area contributed by atoms with Crippen LogP contribution in [0.25, 0.3) is 0 Å². The van der Waals surface area contributed by atoms with Crippen LogP contribution in [0.15, 0.2) is 6.07 Å². The summed E-state index contributed by atoms with van der Waals surface area (Å²) >= 11 is 0. The van der Waals surface area contributed by atoms with Crippen LogP contribution < -0.4 is 10.6 Å². The second-order valence-electron chi connectivity index (χ2n) is 7.46. The molecule has 0 fully saturated rings. The fraction of sp³-hybridized carbons (Fsp3) is 0.684. The van der Waals surface area contributed by atoms with E-state index in [9.17, 15) is 4.79 Å². The van der Waals surface area contributed by atoms with Crippen LogP contribution in [0.2, 0.25) is 0 Å². The van der Waals surface area contributed by atoms with Crippen molar-refractivity contribution in [2.24, 2.45) is 0 Å². The van der Waals surface area contributed by atoms with Gasteiger partial charge in [-0.25, -0.2) is 4.79 Å². The van der Waals surface area contributed by atoms with E-state index >= 15 is 0 Å². The fourth-order valence-electron chi connectivity index (χ4n) is 2.97. The van der Waals surface area contributed by atoms with Gasteiger partial charge >= 0.3 is 6.09 Å². The molecular weight excluding hydrogens is 302 g/mol. The van der Waals surface area contributed by atoms with Gasteiger partial charge in [0.1, 0.15) is 5.60 Å². The first-order valence-electron chi connectivity index (χ1n) is 8.71. The monoisotopic (exact) mass is 335 g/mol. The molecule has 0 saturated heterocycles. The lowest BCUT2D eigenvalue weighted by molar-refractivity contribution is 0.0521. The summed E-state index contributed by atoms with van der Waals surface area (Å²) in [6, 6.07) is 2.46. The van der Waals surface area contributed by atoms with Gasteiger partial charge in [-0.05, 0) is 72.1 Å². The summed E-state index contributed by atoms with van der Waals surface area (Å²) in [6.07, 6.45) is 0.539. The van der Waals surface area contributed by atoms with Crippen molar-refractivity contribution >= 4 is 6.09 Å². The molecule has 0 aliphatic rings. The Bertz CT molecular complexity index is 541. The summed E-state index contributed by atoms with van der Waals surface area (Å²) in [6.45, 7) is 16.5. The minimum absolute atomic E-state index is 0.170. The quantitative estimate of drug-likeness (QED) is 0.826. The van der Waals surface area contributed by atoms with Crippen molar-refractivity contribution in [1.29, 1.82) is 0 Å². The SMILES string of the molecule is CCC(CNC(=O)OC(C)(C)C)NC(C)c1c(C)cc(C)nc1C. The van der Waals surface area contributed by atoms with Crippen LogP contribution >= 0.6 is 0 Å². The molecule has 2 unspecified atom stereocenters. The first-order chi connectivity index (χ1) is 11.0. The van der Waals surface area contributed by atoms with Gasteiger partial charge in [0.2, 0.25) is 0 Å². The van der Waals surface area contributed by atoms with E-state index in [1.807, 2.05) is 34.6 Å². The number of carbonyl (C=O) groups is 1. The van der Waals surface area contributed by atoms with Crippen LogP contribution in [-0.4, -0.2) is 29.3 Å². The minimum atomic E-state index is -0.478. The van der Waals surface area contributed by atoms with E-state index in [-0.39, 0.29) is 18.2 Å². The lowest BCUT2D eigenvalue weighted by Crippen LogP contribution is -2.43. The maximum Gasteiger partial charge on any atom is 0.407 e. The first-order valence-corrected chi connectivity index (χ1v) is 8.71. The van der Waals surface area contributed by atoms with Gasteiger partial charge in [-0.15, -0.1) is 0 Å². The molecule has 1 aromatic rings. The topological polar surface area (TPSA) is 63.2 Å². The zero-order valence-electron chi connectivity index (χ0n) is 16.4. The first kappa shape index (κ1) is 20.4. The third kappa shape index (κ3) is 6.48. The van der Waals surface area contributed by atoms with Gasteiger partial charge in [-0.3, -0.25) is 4.98 Å². The van der Waals surface area contributed by atoms with Crippen LogP contribution in [0.5, 0.6) is 0 Å². The smallest absolute Gasteiger partial charge is 0.407 e. The number of rotatable bonds is 6. The van der Waals surface area contributed by atoms with Crippen LogP contribution in [0.1, 0.15) is 69.6 Å². The van der Waals surface area contributed by atoms with E-state index in [4.69, 9.17) is 4.74 Å². The Kier molecular flexibility index (Phi) is 7.21. The van der Waals surface area contributed by atoms with Gasteiger partial charge < -0.3 is 15.4 Å². The molecule has 2 atom stereocenters. The zero-order valence-corrected chi connectivity index (χ0v) is 16.4. The Hall–Kier alpha value is -1.62. The summed E-state index contributed by atoms with van der Waals surface area (Å²) in [5.74, 6) is 0. The molecule has 0 aliphatic carbocycles. The molecule has 1 amide bonds. The largest absolute Gasteiger partial charge is 0.444 e. The Labute approximate surface area is 146 Å². The average Bonchev–Trinajstić information content (AvgIpc) is 2.40. The van der Waals surface area contributed by atoms with Crippen molar-refractivity contribution in [3.05, 3.63) is 28.6 Å². The standard InChI is InChI=1S/C19H33N3O2/c1-9-16(11-20-18(23)24-19(6,7)8)22-15(5)17-12(2)10-13(3)21-14(17)4/h10,15-16,22H,9,11H2,1-8H3,(H,20,23). The molecule has 24 heavy (non-hydrogen) atoms. The normalized spacial score (nSPS) is 14.2. The highest BCUT2D eigenvalue weighted by atomic mass is 16.6. The second kappa shape index (κ2) is 8.47. The van der Waals surface area contributed by atoms with Crippen LogP contribution in [-0.2, 0) is 4.74 Å². The van der Waals surface area contributed by atoms with E-state index in [0.29, 0.717) is 6.54 Å². The molecule has 0 aromatic carbocycles. The van der Waals surface area contributed by atoms with Crippen molar-refractivity contribution < 1.29 is 9.53 Å². The maximum absolute atomic E-state index is 11.8. The number of amides is 1. The van der Waals surface area contributed by atoms with Crippen molar-refractivity contribution in [1.82, 2.24) is 15.6 Å². The molecule has 1 heterocycles. The van der Waals surface area contributed by atoms with Gasteiger partial charge in [0, 0.05) is 30.0 Å². The van der Waals surface area contributed by atoms with Crippen molar-refractivity contribution in [2.45, 2.75) is 79.5 Å². The van der Waals surface area contributed by atoms with E-state index in [0.717, 1.165) is 17.8 Å². The molecule has 5 nitrogen and oxygen atoms in total. The number of carbonyl (C=O) groups excluding carboxylic acids is 1. The molecule has 0 saturated carbocycles. The highest BCUT2D eigenvalue weighted by Crippen LogP contribution is 2.21. The summed E-state index contributed by atoms with van der Waals surface area (Å²) in [5.41, 5.74) is 4.10. The van der Waals surface area contributed by atoms with Gasteiger partial charge in [0.15, 0.2) is 0 Å². The number of alkyl carbamates (subject to hydrolysis) is 1. The number of hydrogen-bond acceptors (Lipinski definition) is 4. The summed E-state index contributed by atoms with van der Waals surface area (Å²) < 4.78 is 5.29. The van der Waals surface area contributed by atoms with Gasteiger partial charge in [-0.1, -0.05) is 6.92 Å². The average molecular weight is 335 g/mol. The fourth-order valence-corrected chi connectivity index (χ4v) is 2.97. The molecule has 0 radical (unpaired) electrons. The van der Waals surface area contributed by atoms with Crippen LogP contribution in [0.4, 0.5) is 4.79 Å². The lowest BCUT2D eigenvalue weighted by Gasteiger charge is -2.26. The van der Waals surface area contributed by atoms with Gasteiger partial charge in [0.25, 0.3) is 0 Å². The Morgan fingerprint density at radius 1 is 1.29 bits per heavy atom. The molecular formula is C19H33N3O2. The van der Waals surface area contributed by atoms with E-state index in [2.05, 4.69) is 42.5 Å². The summed E-state index contributed by atoms with van der Waals surface area (Å²) in [4.78, 5) is 16.4. The van der Waals surface area contributed by atoms with E-state index in [1.165, 1.54) is 11.1 Å². The number of aromatic nitrogens is 1.